The highest BCUT2D eigenvalue weighted by molar-refractivity contribution is 7.15. The summed E-state index contributed by atoms with van der Waals surface area (Å²) in [6.45, 7) is 0. The van der Waals surface area contributed by atoms with E-state index < -0.39 is 11.5 Å². The molecule has 0 radical (unpaired) electrons. The number of carbonyl (C=O) groups is 1. The van der Waals surface area contributed by atoms with E-state index in [4.69, 9.17) is 4.42 Å². The predicted octanol–water partition coefficient (Wildman–Crippen LogP) is 4.09. The fraction of sp³-hybridized carbons (Fsp3) is 0.0500. The van der Waals surface area contributed by atoms with Crippen LogP contribution in [0.2, 0.25) is 0 Å². The Kier molecular flexibility index (Phi) is 4.33. The Hall–Kier alpha value is -3.25. The van der Waals surface area contributed by atoms with Crippen molar-refractivity contribution in [1.29, 1.82) is 0 Å². The molecule has 0 aliphatic rings. The molecule has 2 heterocycles. The SMILES string of the molecule is O=C(Nc1ncc(Cc2ccccc2)s1)c1cc2ccccc2c(=O)o1. The van der Waals surface area contributed by atoms with E-state index in [1.165, 1.54) is 16.9 Å². The van der Waals surface area contributed by atoms with E-state index in [1.807, 2.05) is 30.3 Å². The summed E-state index contributed by atoms with van der Waals surface area (Å²) >= 11 is 1.40. The van der Waals surface area contributed by atoms with Gasteiger partial charge in [-0.1, -0.05) is 48.5 Å². The van der Waals surface area contributed by atoms with Gasteiger partial charge in [0.25, 0.3) is 5.91 Å². The van der Waals surface area contributed by atoms with Crippen LogP contribution in [0.1, 0.15) is 21.0 Å². The third-order valence-electron chi connectivity index (χ3n) is 3.89. The summed E-state index contributed by atoms with van der Waals surface area (Å²) in [5.74, 6) is -0.526. The smallest absolute Gasteiger partial charge is 0.344 e. The summed E-state index contributed by atoms with van der Waals surface area (Å²) in [5, 5.41) is 4.27. The minimum Gasteiger partial charge on any atom is -0.417 e. The van der Waals surface area contributed by atoms with Crippen molar-refractivity contribution in [3.63, 3.8) is 0 Å². The second-order valence-electron chi connectivity index (χ2n) is 5.73. The molecular weight excluding hydrogens is 348 g/mol. The maximum absolute atomic E-state index is 12.4. The standard InChI is InChI=1S/C20H14N2O3S/c23-18(17-11-14-8-4-5-9-16(14)19(24)25-17)22-20-21-12-15(26-20)10-13-6-2-1-3-7-13/h1-9,11-12H,10H2,(H,21,22,23). The number of anilines is 1. The summed E-state index contributed by atoms with van der Waals surface area (Å²) < 4.78 is 5.14. The van der Waals surface area contributed by atoms with Crippen LogP contribution in [-0.2, 0) is 6.42 Å². The van der Waals surface area contributed by atoms with Crippen molar-refractivity contribution in [3.8, 4) is 0 Å². The van der Waals surface area contributed by atoms with E-state index >= 15 is 0 Å². The average molecular weight is 362 g/mol. The van der Waals surface area contributed by atoms with Gasteiger partial charge >= 0.3 is 5.63 Å². The minimum atomic E-state index is -0.530. The number of aromatic nitrogens is 1. The number of nitrogens with one attached hydrogen (secondary N) is 1. The molecule has 2 aromatic heterocycles. The van der Waals surface area contributed by atoms with Gasteiger partial charge in [0, 0.05) is 17.5 Å². The van der Waals surface area contributed by atoms with Crippen molar-refractivity contribution >= 4 is 33.1 Å². The van der Waals surface area contributed by atoms with Gasteiger partial charge in [-0.2, -0.15) is 0 Å². The van der Waals surface area contributed by atoms with E-state index in [2.05, 4.69) is 10.3 Å². The van der Waals surface area contributed by atoms with E-state index in [0.29, 0.717) is 15.9 Å². The Bertz CT molecular complexity index is 1130. The molecule has 6 heteroatoms. The molecule has 0 aliphatic carbocycles. The maximum Gasteiger partial charge on any atom is 0.344 e. The largest absolute Gasteiger partial charge is 0.417 e. The summed E-state index contributed by atoms with van der Waals surface area (Å²) in [4.78, 5) is 29.7. The molecule has 128 valence electrons. The Morgan fingerprint density at radius 2 is 1.85 bits per heavy atom. The van der Waals surface area contributed by atoms with Crippen LogP contribution >= 0.6 is 11.3 Å². The number of fused-ring (bicyclic) bond motifs is 1. The zero-order chi connectivity index (χ0) is 17.9. The van der Waals surface area contributed by atoms with Gasteiger partial charge < -0.3 is 4.42 Å². The number of nitrogens with zero attached hydrogens (tertiary/aromatic N) is 1. The molecule has 0 fully saturated rings. The lowest BCUT2D eigenvalue weighted by Crippen LogP contribution is -2.14. The predicted molar refractivity (Wildman–Crippen MR) is 102 cm³/mol. The van der Waals surface area contributed by atoms with Crippen LogP contribution in [0.5, 0.6) is 0 Å². The quantitative estimate of drug-likeness (QED) is 0.593. The van der Waals surface area contributed by atoms with Crippen LogP contribution in [0, 0.1) is 0 Å². The third kappa shape index (κ3) is 3.41. The molecule has 0 spiro atoms. The molecule has 1 N–H and O–H groups in total. The van der Waals surface area contributed by atoms with Crippen molar-refractivity contribution in [3.05, 3.63) is 93.5 Å². The fourth-order valence-corrected chi connectivity index (χ4v) is 3.49. The lowest BCUT2D eigenvalue weighted by Gasteiger charge is -2.02. The lowest BCUT2D eigenvalue weighted by molar-refractivity contribution is 0.0993. The normalized spacial score (nSPS) is 10.8. The maximum atomic E-state index is 12.4. The molecule has 0 saturated carbocycles. The van der Waals surface area contributed by atoms with Gasteiger partial charge in [-0.3, -0.25) is 10.1 Å². The molecule has 0 atom stereocenters. The van der Waals surface area contributed by atoms with Crippen LogP contribution in [0.25, 0.3) is 10.8 Å². The van der Waals surface area contributed by atoms with Crippen LogP contribution in [-0.4, -0.2) is 10.9 Å². The monoisotopic (exact) mass is 362 g/mol. The number of thiazole rings is 1. The Balaban J connectivity index is 1.53. The van der Waals surface area contributed by atoms with Crippen molar-refractivity contribution in [1.82, 2.24) is 4.98 Å². The van der Waals surface area contributed by atoms with Gasteiger partial charge in [0.15, 0.2) is 10.9 Å². The Morgan fingerprint density at radius 1 is 1.08 bits per heavy atom. The van der Waals surface area contributed by atoms with Gasteiger partial charge in [-0.15, -0.1) is 11.3 Å². The highest BCUT2D eigenvalue weighted by Gasteiger charge is 2.14. The van der Waals surface area contributed by atoms with Crippen molar-refractivity contribution in [2.75, 3.05) is 5.32 Å². The van der Waals surface area contributed by atoms with Crippen LogP contribution < -0.4 is 10.9 Å². The lowest BCUT2D eigenvalue weighted by atomic mass is 10.1. The highest BCUT2D eigenvalue weighted by atomic mass is 32.1. The Morgan fingerprint density at radius 3 is 2.69 bits per heavy atom. The van der Waals surface area contributed by atoms with Crippen LogP contribution in [0.15, 0.2) is 76.1 Å². The first-order chi connectivity index (χ1) is 12.7. The number of carbonyl (C=O) groups excluding carboxylic acids is 1. The molecule has 0 aliphatic heterocycles. The first-order valence-corrected chi connectivity index (χ1v) is 8.83. The van der Waals surface area contributed by atoms with Crippen LogP contribution in [0.3, 0.4) is 0 Å². The topological polar surface area (TPSA) is 72.2 Å². The molecule has 4 aromatic rings. The average Bonchev–Trinajstić information content (AvgIpc) is 3.09. The van der Waals surface area contributed by atoms with E-state index in [9.17, 15) is 9.59 Å². The van der Waals surface area contributed by atoms with Gasteiger partial charge in [0.1, 0.15) is 0 Å². The molecule has 2 aromatic carbocycles. The zero-order valence-corrected chi connectivity index (χ0v) is 14.5. The first kappa shape index (κ1) is 16.2. The summed E-state index contributed by atoms with van der Waals surface area (Å²) in [6.07, 6.45) is 2.49. The fourth-order valence-electron chi connectivity index (χ4n) is 2.65. The summed E-state index contributed by atoms with van der Waals surface area (Å²) in [6, 6.07) is 18.6. The molecule has 5 nitrogen and oxygen atoms in total. The highest BCUT2D eigenvalue weighted by Crippen LogP contribution is 2.22. The number of hydrogen-bond donors (Lipinski definition) is 1. The number of benzene rings is 2. The second kappa shape index (κ2) is 6.93. The van der Waals surface area contributed by atoms with Crippen molar-refractivity contribution in [2.45, 2.75) is 6.42 Å². The van der Waals surface area contributed by atoms with Crippen molar-refractivity contribution in [2.24, 2.45) is 0 Å². The third-order valence-corrected chi connectivity index (χ3v) is 4.80. The Labute approximate surface area is 152 Å². The first-order valence-electron chi connectivity index (χ1n) is 8.02. The van der Waals surface area contributed by atoms with Crippen molar-refractivity contribution < 1.29 is 9.21 Å². The molecule has 4 rings (SSSR count). The minimum absolute atomic E-state index is 0.0338. The molecule has 0 bridgehead atoms. The zero-order valence-electron chi connectivity index (χ0n) is 13.6. The summed E-state index contributed by atoms with van der Waals surface area (Å²) in [7, 11) is 0. The van der Waals surface area contributed by atoms with Gasteiger partial charge in [0.2, 0.25) is 0 Å². The number of hydrogen-bond acceptors (Lipinski definition) is 5. The van der Waals surface area contributed by atoms with E-state index in [1.54, 1.807) is 36.5 Å². The van der Waals surface area contributed by atoms with Gasteiger partial charge in [-0.05, 0) is 23.1 Å². The van der Waals surface area contributed by atoms with E-state index in [0.717, 1.165) is 11.3 Å². The second-order valence-corrected chi connectivity index (χ2v) is 6.85. The number of amides is 1. The number of rotatable bonds is 4. The molecule has 26 heavy (non-hydrogen) atoms. The van der Waals surface area contributed by atoms with Gasteiger partial charge in [0.05, 0.1) is 5.39 Å². The molecular formula is C20H14N2O3S. The summed E-state index contributed by atoms with van der Waals surface area (Å²) in [5.41, 5.74) is 0.645. The molecule has 1 amide bonds. The van der Waals surface area contributed by atoms with E-state index in [-0.39, 0.29) is 5.76 Å². The van der Waals surface area contributed by atoms with Crippen LogP contribution in [0.4, 0.5) is 5.13 Å². The molecule has 0 unspecified atom stereocenters. The van der Waals surface area contributed by atoms with Gasteiger partial charge in [-0.25, -0.2) is 9.78 Å². The molecule has 0 saturated heterocycles.